The van der Waals surface area contributed by atoms with Crippen LogP contribution in [0.1, 0.15) is 24.8 Å². The van der Waals surface area contributed by atoms with E-state index in [-0.39, 0.29) is 5.57 Å². The highest BCUT2D eigenvalue weighted by Crippen LogP contribution is 2.20. The molecule has 1 aliphatic heterocycles. The van der Waals surface area contributed by atoms with Gasteiger partial charge in [0.15, 0.2) is 0 Å². The summed E-state index contributed by atoms with van der Waals surface area (Å²) in [4.78, 5) is 13.3. The molecular weight excluding hydrogens is 238 g/mol. The second-order valence-corrected chi connectivity index (χ2v) is 4.67. The van der Waals surface area contributed by atoms with E-state index in [9.17, 15) is 4.79 Å². The zero-order valence-corrected chi connectivity index (χ0v) is 10.8. The predicted molar refractivity (Wildman–Crippen MR) is 75.3 cm³/mol. The fourth-order valence-corrected chi connectivity index (χ4v) is 2.26. The van der Waals surface area contributed by atoms with Crippen LogP contribution in [0.4, 0.5) is 5.69 Å². The molecular formula is C15H17N3O. The Hall–Kier alpha value is -2.28. The predicted octanol–water partition coefficient (Wildman–Crippen LogP) is 2.07. The molecule has 0 bridgehead atoms. The average Bonchev–Trinajstić information content (AvgIpc) is 2.46. The van der Waals surface area contributed by atoms with Crippen molar-refractivity contribution in [3.63, 3.8) is 0 Å². The molecule has 0 saturated carbocycles. The maximum atomic E-state index is 11.0. The normalized spacial score (nSPS) is 15.9. The molecule has 0 radical (unpaired) electrons. The number of rotatable bonds is 3. The van der Waals surface area contributed by atoms with Gasteiger partial charge in [-0.3, -0.25) is 4.79 Å². The Morgan fingerprint density at radius 1 is 1.21 bits per heavy atom. The van der Waals surface area contributed by atoms with E-state index in [0.717, 1.165) is 18.7 Å². The highest BCUT2D eigenvalue weighted by Gasteiger charge is 2.10. The molecule has 2 rings (SSSR count). The fourth-order valence-electron chi connectivity index (χ4n) is 2.26. The molecule has 0 spiro atoms. The molecule has 0 atom stereocenters. The minimum atomic E-state index is -0.692. The SMILES string of the molecule is N#C/C(=C\c1ccc(N2CCCCC2)cc1)C(N)=O. The number of benzene rings is 1. The van der Waals surface area contributed by atoms with Crippen LogP contribution in [-0.4, -0.2) is 19.0 Å². The van der Waals surface area contributed by atoms with Crippen LogP contribution in [0.15, 0.2) is 29.8 Å². The summed E-state index contributed by atoms with van der Waals surface area (Å²) >= 11 is 0. The van der Waals surface area contributed by atoms with Gasteiger partial charge in [-0.25, -0.2) is 0 Å². The Morgan fingerprint density at radius 3 is 2.37 bits per heavy atom. The third-order valence-electron chi connectivity index (χ3n) is 3.31. The first-order chi connectivity index (χ1) is 9.20. The van der Waals surface area contributed by atoms with Crippen molar-refractivity contribution in [2.75, 3.05) is 18.0 Å². The fraction of sp³-hybridized carbons (Fsp3) is 0.333. The number of anilines is 1. The first kappa shape index (κ1) is 13.2. The van der Waals surface area contributed by atoms with Crippen LogP contribution in [0.25, 0.3) is 6.08 Å². The monoisotopic (exact) mass is 255 g/mol. The summed E-state index contributed by atoms with van der Waals surface area (Å²) in [5, 5.41) is 8.79. The number of carbonyl (C=O) groups is 1. The van der Waals surface area contributed by atoms with Crippen molar-refractivity contribution >= 4 is 17.7 Å². The summed E-state index contributed by atoms with van der Waals surface area (Å²) in [6, 6.07) is 9.66. The lowest BCUT2D eigenvalue weighted by atomic mass is 10.1. The molecule has 1 aliphatic rings. The lowest BCUT2D eigenvalue weighted by Crippen LogP contribution is -2.29. The molecule has 4 nitrogen and oxygen atoms in total. The summed E-state index contributed by atoms with van der Waals surface area (Å²) in [6.45, 7) is 2.19. The Labute approximate surface area is 113 Å². The lowest BCUT2D eigenvalue weighted by molar-refractivity contribution is -0.114. The van der Waals surface area contributed by atoms with Crippen LogP contribution < -0.4 is 10.6 Å². The summed E-state index contributed by atoms with van der Waals surface area (Å²) in [5.41, 5.74) is 7.09. The quantitative estimate of drug-likeness (QED) is 0.664. The van der Waals surface area contributed by atoms with Crippen molar-refractivity contribution < 1.29 is 4.79 Å². The van der Waals surface area contributed by atoms with Gasteiger partial charge in [-0.05, 0) is 43.0 Å². The van der Waals surface area contributed by atoms with E-state index < -0.39 is 5.91 Å². The summed E-state index contributed by atoms with van der Waals surface area (Å²) in [5.74, 6) is -0.692. The summed E-state index contributed by atoms with van der Waals surface area (Å²) in [6.07, 6.45) is 5.30. The molecule has 1 aromatic rings. The molecule has 19 heavy (non-hydrogen) atoms. The number of hydrogen-bond acceptors (Lipinski definition) is 3. The van der Waals surface area contributed by atoms with E-state index in [2.05, 4.69) is 4.90 Å². The van der Waals surface area contributed by atoms with Gasteiger partial charge in [0.2, 0.25) is 0 Å². The Kier molecular flexibility index (Phi) is 4.19. The standard InChI is InChI=1S/C15H17N3O/c16-11-13(15(17)19)10-12-4-6-14(7-5-12)18-8-2-1-3-9-18/h4-7,10H,1-3,8-9H2,(H2,17,19)/b13-10+. The average molecular weight is 255 g/mol. The maximum Gasteiger partial charge on any atom is 0.259 e. The van der Waals surface area contributed by atoms with Gasteiger partial charge in [-0.1, -0.05) is 12.1 Å². The smallest absolute Gasteiger partial charge is 0.259 e. The topological polar surface area (TPSA) is 70.1 Å². The highest BCUT2D eigenvalue weighted by molar-refractivity contribution is 6.00. The van der Waals surface area contributed by atoms with Gasteiger partial charge in [0.25, 0.3) is 5.91 Å². The largest absolute Gasteiger partial charge is 0.372 e. The van der Waals surface area contributed by atoms with Crippen LogP contribution >= 0.6 is 0 Å². The van der Waals surface area contributed by atoms with Crippen LogP contribution in [0.5, 0.6) is 0 Å². The second-order valence-electron chi connectivity index (χ2n) is 4.67. The molecule has 98 valence electrons. The van der Waals surface area contributed by atoms with Crippen molar-refractivity contribution in [2.24, 2.45) is 5.73 Å². The van der Waals surface area contributed by atoms with E-state index in [1.807, 2.05) is 24.3 Å². The molecule has 1 saturated heterocycles. The summed E-state index contributed by atoms with van der Waals surface area (Å²) < 4.78 is 0. The van der Waals surface area contributed by atoms with E-state index in [1.165, 1.54) is 31.0 Å². The number of nitriles is 1. The van der Waals surface area contributed by atoms with Gasteiger partial charge in [-0.15, -0.1) is 0 Å². The van der Waals surface area contributed by atoms with Gasteiger partial charge >= 0.3 is 0 Å². The molecule has 0 unspecified atom stereocenters. The Balaban J connectivity index is 2.14. The van der Waals surface area contributed by atoms with Crippen molar-refractivity contribution in [3.05, 3.63) is 35.4 Å². The first-order valence-electron chi connectivity index (χ1n) is 6.47. The van der Waals surface area contributed by atoms with Crippen molar-refractivity contribution in [1.82, 2.24) is 0 Å². The number of nitrogens with two attached hydrogens (primary N) is 1. The van der Waals surface area contributed by atoms with Crippen LogP contribution in [0.3, 0.4) is 0 Å². The number of hydrogen-bond donors (Lipinski definition) is 1. The van der Waals surface area contributed by atoms with E-state index >= 15 is 0 Å². The minimum Gasteiger partial charge on any atom is -0.372 e. The van der Waals surface area contributed by atoms with Crippen molar-refractivity contribution in [2.45, 2.75) is 19.3 Å². The van der Waals surface area contributed by atoms with Crippen LogP contribution in [0.2, 0.25) is 0 Å². The van der Waals surface area contributed by atoms with Gasteiger partial charge < -0.3 is 10.6 Å². The third-order valence-corrected chi connectivity index (χ3v) is 3.31. The van der Waals surface area contributed by atoms with E-state index in [4.69, 9.17) is 11.0 Å². The molecule has 2 N–H and O–H groups in total. The number of piperidine rings is 1. The Morgan fingerprint density at radius 2 is 1.84 bits per heavy atom. The molecule has 1 fully saturated rings. The minimum absolute atomic E-state index is 0.0225. The van der Waals surface area contributed by atoms with Gasteiger partial charge in [0.05, 0.1) is 0 Å². The zero-order valence-electron chi connectivity index (χ0n) is 10.8. The number of carbonyl (C=O) groups excluding carboxylic acids is 1. The summed E-state index contributed by atoms with van der Waals surface area (Å²) in [7, 11) is 0. The van der Waals surface area contributed by atoms with Gasteiger partial charge in [-0.2, -0.15) is 5.26 Å². The molecule has 1 aromatic carbocycles. The molecule has 1 heterocycles. The van der Waals surface area contributed by atoms with Crippen LogP contribution in [0, 0.1) is 11.3 Å². The zero-order chi connectivity index (χ0) is 13.7. The highest BCUT2D eigenvalue weighted by atomic mass is 16.1. The number of nitrogens with zero attached hydrogens (tertiary/aromatic N) is 2. The van der Waals surface area contributed by atoms with Crippen LogP contribution in [-0.2, 0) is 4.79 Å². The van der Waals surface area contributed by atoms with Crippen molar-refractivity contribution in [1.29, 1.82) is 5.26 Å². The van der Waals surface area contributed by atoms with Gasteiger partial charge in [0.1, 0.15) is 11.6 Å². The first-order valence-corrected chi connectivity index (χ1v) is 6.47. The third kappa shape index (κ3) is 3.35. The lowest BCUT2D eigenvalue weighted by Gasteiger charge is -2.28. The number of amides is 1. The molecule has 0 aliphatic carbocycles. The molecule has 1 amide bonds. The van der Waals surface area contributed by atoms with Crippen molar-refractivity contribution in [3.8, 4) is 6.07 Å². The molecule has 0 aromatic heterocycles. The maximum absolute atomic E-state index is 11.0. The van der Waals surface area contributed by atoms with E-state index in [0.29, 0.717) is 0 Å². The second kappa shape index (κ2) is 6.05. The Bertz CT molecular complexity index is 519. The number of primary amides is 1. The van der Waals surface area contributed by atoms with Gasteiger partial charge in [0, 0.05) is 18.8 Å². The van der Waals surface area contributed by atoms with E-state index in [1.54, 1.807) is 6.07 Å². The molecule has 4 heteroatoms.